The molecule has 0 spiro atoms. The second-order valence-electron chi connectivity index (χ2n) is 1.15. The van der Waals surface area contributed by atoms with Gasteiger partial charge in [0, 0.05) is 18.6 Å². The van der Waals surface area contributed by atoms with Gasteiger partial charge in [0.05, 0.1) is 0 Å². The van der Waals surface area contributed by atoms with E-state index in [1.165, 1.54) is 0 Å². The molecule has 0 aliphatic heterocycles. The van der Waals surface area contributed by atoms with Gasteiger partial charge >= 0.3 is 0 Å². The molecule has 0 bridgehead atoms. The van der Waals surface area contributed by atoms with Crippen LogP contribution in [0.3, 0.4) is 0 Å². The molecule has 0 saturated heterocycles. The fourth-order valence-corrected chi connectivity index (χ4v) is 0.385. The van der Waals surface area contributed by atoms with Gasteiger partial charge in [-0.1, -0.05) is 50.2 Å². The van der Waals surface area contributed by atoms with E-state index >= 15 is 0 Å². The van der Waals surface area contributed by atoms with Gasteiger partial charge in [0.25, 0.3) is 0 Å². The minimum atomic E-state index is 0. The zero-order valence-corrected chi connectivity index (χ0v) is 7.31. The molecule has 0 aliphatic rings. The maximum atomic E-state index is 2.00. The van der Waals surface area contributed by atoms with Crippen LogP contribution in [0.2, 0.25) is 0 Å². The van der Waals surface area contributed by atoms with Crippen molar-refractivity contribution in [3.63, 3.8) is 0 Å². The average Bonchev–Trinajstić information content (AvgIpc) is 1.96. The Hall–Kier alpha value is -0.196. The van der Waals surface area contributed by atoms with Gasteiger partial charge in [-0.05, 0) is 0 Å². The summed E-state index contributed by atoms with van der Waals surface area (Å²) in [7, 11) is 0. The molecule has 0 aromatic heterocycles. The van der Waals surface area contributed by atoms with E-state index in [4.69, 9.17) is 0 Å². The molecule has 49 valence electrons. The van der Waals surface area contributed by atoms with Crippen LogP contribution in [-0.4, -0.2) is 0 Å². The molecule has 0 saturated carbocycles. The van der Waals surface area contributed by atoms with Gasteiger partial charge in [-0.2, -0.15) is 0 Å². The zero-order valence-electron chi connectivity index (χ0n) is 5.91. The van der Waals surface area contributed by atoms with Crippen molar-refractivity contribution in [3.8, 4) is 0 Å². The van der Waals surface area contributed by atoms with Gasteiger partial charge in [-0.15, -0.1) is 0 Å². The van der Waals surface area contributed by atoms with Crippen molar-refractivity contribution in [1.82, 2.24) is 0 Å². The summed E-state index contributed by atoms with van der Waals surface area (Å²) in [4.78, 5) is 0. The number of hydrogen-bond donors (Lipinski definition) is 0. The maximum Gasteiger partial charge on any atom is 0 e. The largest absolute Gasteiger partial charge is 0.0683 e. The Morgan fingerprint density at radius 1 is 0.556 bits per heavy atom. The van der Waals surface area contributed by atoms with E-state index in [-0.39, 0.29) is 18.6 Å². The number of rotatable bonds is 0. The maximum absolute atomic E-state index is 2.00. The van der Waals surface area contributed by atoms with Gasteiger partial charge in [0.1, 0.15) is 0 Å². The topological polar surface area (TPSA) is 0 Å². The molecule has 0 fully saturated rings. The number of benzene rings is 1. The van der Waals surface area contributed by atoms with Crippen molar-refractivity contribution in [3.05, 3.63) is 36.4 Å². The SMILES string of the molecule is CC.[V].c1ccccc1. The van der Waals surface area contributed by atoms with Crippen molar-refractivity contribution < 1.29 is 18.6 Å². The first-order valence-corrected chi connectivity index (χ1v) is 3.00. The van der Waals surface area contributed by atoms with E-state index in [1.807, 2.05) is 50.2 Å². The Labute approximate surface area is 69.2 Å². The van der Waals surface area contributed by atoms with E-state index in [0.717, 1.165) is 0 Å². The Kier molecular flexibility index (Phi) is 13.8. The van der Waals surface area contributed by atoms with Gasteiger partial charge in [-0.3, -0.25) is 0 Å². The van der Waals surface area contributed by atoms with Crippen LogP contribution in [0.5, 0.6) is 0 Å². The minimum Gasteiger partial charge on any atom is -0.0683 e. The Morgan fingerprint density at radius 3 is 0.778 bits per heavy atom. The van der Waals surface area contributed by atoms with Crippen LogP contribution in [-0.2, 0) is 18.6 Å². The summed E-state index contributed by atoms with van der Waals surface area (Å²) in [5, 5.41) is 0. The molecule has 0 heterocycles. The Balaban J connectivity index is 0. The van der Waals surface area contributed by atoms with Crippen LogP contribution >= 0.6 is 0 Å². The third-order valence-electron chi connectivity index (χ3n) is 0.667. The Bertz CT molecular complexity index is 76.5. The molecule has 1 heteroatoms. The quantitative estimate of drug-likeness (QED) is 0.546. The fourth-order valence-electron chi connectivity index (χ4n) is 0.385. The molecule has 1 aromatic rings. The van der Waals surface area contributed by atoms with E-state index < -0.39 is 0 Å². The summed E-state index contributed by atoms with van der Waals surface area (Å²) in [5.74, 6) is 0. The molecular formula is C8H12V. The summed E-state index contributed by atoms with van der Waals surface area (Å²) in [6.45, 7) is 4.00. The molecule has 0 amide bonds. The van der Waals surface area contributed by atoms with Crippen molar-refractivity contribution in [2.75, 3.05) is 0 Å². The fraction of sp³-hybridized carbons (Fsp3) is 0.250. The van der Waals surface area contributed by atoms with Crippen LogP contribution in [0.25, 0.3) is 0 Å². The van der Waals surface area contributed by atoms with Crippen molar-refractivity contribution in [2.24, 2.45) is 0 Å². The van der Waals surface area contributed by atoms with Gasteiger partial charge in [0.15, 0.2) is 0 Å². The monoisotopic (exact) mass is 159 g/mol. The molecule has 0 aliphatic carbocycles. The first kappa shape index (κ1) is 11.6. The van der Waals surface area contributed by atoms with Gasteiger partial charge in [0.2, 0.25) is 0 Å². The van der Waals surface area contributed by atoms with Crippen molar-refractivity contribution in [2.45, 2.75) is 13.8 Å². The average molecular weight is 159 g/mol. The number of hydrogen-bond acceptors (Lipinski definition) is 0. The first-order valence-electron chi connectivity index (χ1n) is 3.00. The predicted molar refractivity (Wildman–Crippen MR) is 37.8 cm³/mol. The molecule has 0 atom stereocenters. The molecule has 1 radical (unpaired) electrons. The minimum absolute atomic E-state index is 0. The summed E-state index contributed by atoms with van der Waals surface area (Å²) in [6.07, 6.45) is 0. The van der Waals surface area contributed by atoms with Crippen molar-refractivity contribution in [1.29, 1.82) is 0 Å². The molecular weight excluding hydrogens is 147 g/mol. The van der Waals surface area contributed by atoms with Crippen molar-refractivity contribution >= 4 is 0 Å². The van der Waals surface area contributed by atoms with Gasteiger partial charge in [-0.25, -0.2) is 0 Å². The van der Waals surface area contributed by atoms with Crippen LogP contribution in [0, 0.1) is 0 Å². The molecule has 0 unspecified atom stereocenters. The molecule has 0 nitrogen and oxygen atoms in total. The van der Waals surface area contributed by atoms with Gasteiger partial charge < -0.3 is 0 Å². The normalized spacial score (nSPS) is 6.00. The molecule has 9 heavy (non-hydrogen) atoms. The van der Waals surface area contributed by atoms with E-state index in [9.17, 15) is 0 Å². The summed E-state index contributed by atoms with van der Waals surface area (Å²) in [5.41, 5.74) is 0. The third kappa shape index (κ3) is 7.80. The second-order valence-corrected chi connectivity index (χ2v) is 1.15. The molecule has 1 rings (SSSR count). The molecule has 0 N–H and O–H groups in total. The van der Waals surface area contributed by atoms with Crippen LogP contribution in [0.15, 0.2) is 36.4 Å². The second kappa shape index (κ2) is 10.7. The summed E-state index contributed by atoms with van der Waals surface area (Å²) >= 11 is 0. The summed E-state index contributed by atoms with van der Waals surface area (Å²) in [6, 6.07) is 12.0. The summed E-state index contributed by atoms with van der Waals surface area (Å²) < 4.78 is 0. The Morgan fingerprint density at radius 2 is 0.667 bits per heavy atom. The van der Waals surface area contributed by atoms with E-state index in [1.54, 1.807) is 0 Å². The molecule has 1 aromatic carbocycles. The van der Waals surface area contributed by atoms with Crippen LogP contribution in [0.4, 0.5) is 0 Å². The van der Waals surface area contributed by atoms with Crippen LogP contribution < -0.4 is 0 Å². The third-order valence-corrected chi connectivity index (χ3v) is 0.667. The standard InChI is InChI=1S/C6H6.C2H6.V/c1-2-4-6-5-3-1;1-2;/h1-6H;1-2H3;. The van der Waals surface area contributed by atoms with Crippen LogP contribution in [0.1, 0.15) is 13.8 Å². The smallest absolute Gasteiger partial charge is 0 e. The first-order chi connectivity index (χ1) is 4.00. The van der Waals surface area contributed by atoms with E-state index in [0.29, 0.717) is 0 Å². The predicted octanol–water partition coefficient (Wildman–Crippen LogP) is 2.71. The van der Waals surface area contributed by atoms with E-state index in [2.05, 4.69) is 0 Å². The zero-order chi connectivity index (χ0) is 6.24.